The maximum atomic E-state index is 11.4. The number of nitrogens with two attached hydrogens (primary N) is 1. The smallest absolute Gasteiger partial charge is 0.335 e. The number of hydrogen-bond acceptors (Lipinski definition) is 4. The first-order valence-electron chi connectivity index (χ1n) is 8.05. The zero-order valence-corrected chi connectivity index (χ0v) is 15.4. The summed E-state index contributed by atoms with van der Waals surface area (Å²) in [5.74, 6) is -0.635. The second kappa shape index (κ2) is 9.20. The summed E-state index contributed by atoms with van der Waals surface area (Å²) in [6, 6.07) is 12.8. The lowest BCUT2D eigenvalue weighted by Gasteiger charge is -2.16. The van der Waals surface area contributed by atoms with Crippen molar-refractivity contribution in [2.24, 2.45) is 5.73 Å². The maximum Gasteiger partial charge on any atom is 0.335 e. The highest BCUT2D eigenvalue weighted by atomic mass is 35.5. The van der Waals surface area contributed by atoms with Crippen LogP contribution in [0, 0.1) is 0 Å². The molecule has 0 fully saturated rings. The third kappa shape index (κ3) is 5.72. The van der Waals surface area contributed by atoms with E-state index in [0.29, 0.717) is 16.5 Å². The predicted molar refractivity (Wildman–Crippen MR) is 101 cm³/mol. The number of esters is 1. The SMILES string of the molecule is CCOC(=O)C(O)CC(N)Cc1ccc(-c2cc(Cl)ccc2Cl)cc1. The van der Waals surface area contributed by atoms with Gasteiger partial charge in [-0.1, -0.05) is 47.5 Å². The Morgan fingerprint density at radius 3 is 2.52 bits per heavy atom. The van der Waals surface area contributed by atoms with Crippen molar-refractivity contribution in [1.82, 2.24) is 0 Å². The standard InChI is InChI=1S/C19H21Cl2NO3/c1-2-25-19(24)18(23)11-15(22)9-12-3-5-13(6-4-12)16-10-14(20)7-8-17(16)21/h3-8,10,15,18,23H,2,9,11,22H2,1H3. The first-order chi connectivity index (χ1) is 11.9. The summed E-state index contributed by atoms with van der Waals surface area (Å²) in [7, 11) is 0. The number of carbonyl (C=O) groups excluding carboxylic acids is 1. The van der Waals surface area contributed by atoms with Gasteiger partial charge in [0.25, 0.3) is 0 Å². The molecule has 6 heteroatoms. The van der Waals surface area contributed by atoms with Crippen molar-refractivity contribution in [3.05, 3.63) is 58.1 Å². The molecule has 0 aromatic heterocycles. The molecule has 0 amide bonds. The lowest BCUT2D eigenvalue weighted by Crippen LogP contribution is -2.33. The second-order valence-electron chi connectivity index (χ2n) is 5.79. The van der Waals surface area contributed by atoms with Crippen LogP contribution in [-0.4, -0.2) is 29.8 Å². The summed E-state index contributed by atoms with van der Waals surface area (Å²) in [5.41, 5.74) is 8.85. The molecule has 2 rings (SSSR count). The number of halogens is 2. The van der Waals surface area contributed by atoms with Gasteiger partial charge in [0, 0.05) is 21.7 Å². The van der Waals surface area contributed by atoms with Crippen LogP contribution in [0.15, 0.2) is 42.5 Å². The minimum atomic E-state index is -1.19. The average molecular weight is 382 g/mol. The minimum Gasteiger partial charge on any atom is -0.464 e. The number of hydrogen-bond donors (Lipinski definition) is 2. The Morgan fingerprint density at radius 2 is 1.88 bits per heavy atom. The Bertz CT molecular complexity index is 719. The molecule has 3 N–H and O–H groups in total. The van der Waals surface area contributed by atoms with E-state index in [1.165, 1.54) is 0 Å². The summed E-state index contributed by atoms with van der Waals surface area (Å²) in [5, 5.41) is 11.0. The van der Waals surface area contributed by atoms with E-state index in [1.807, 2.05) is 30.3 Å². The quantitative estimate of drug-likeness (QED) is 0.714. The fourth-order valence-electron chi connectivity index (χ4n) is 2.55. The predicted octanol–water partition coefficient (Wildman–Crippen LogP) is 3.84. The Kier molecular flexibility index (Phi) is 7.26. The van der Waals surface area contributed by atoms with E-state index < -0.39 is 12.1 Å². The molecule has 0 bridgehead atoms. The highest BCUT2D eigenvalue weighted by Crippen LogP contribution is 2.30. The fraction of sp³-hybridized carbons (Fsp3) is 0.316. The van der Waals surface area contributed by atoms with Crippen LogP contribution in [0.2, 0.25) is 10.0 Å². The van der Waals surface area contributed by atoms with E-state index in [1.54, 1.807) is 19.1 Å². The van der Waals surface area contributed by atoms with Gasteiger partial charge < -0.3 is 15.6 Å². The summed E-state index contributed by atoms with van der Waals surface area (Å²) in [4.78, 5) is 11.4. The highest BCUT2D eigenvalue weighted by molar-refractivity contribution is 6.35. The van der Waals surface area contributed by atoms with Crippen LogP contribution >= 0.6 is 23.2 Å². The number of aliphatic hydroxyl groups excluding tert-OH is 1. The number of aliphatic hydroxyl groups is 1. The molecule has 0 saturated heterocycles. The molecule has 4 nitrogen and oxygen atoms in total. The number of benzene rings is 2. The molecule has 0 aliphatic rings. The molecule has 2 unspecified atom stereocenters. The van der Waals surface area contributed by atoms with Crippen LogP contribution in [0.5, 0.6) is 0 Å². The number of ether oxygens (including phenoxy) is 1. The topological polar surface area (TPSA) is 72.5 Å². The molecule has 0 radical (unpaired) electrons. The monoisotopic (exact) mass is 381 g/mol. The summed E-state index contributed by atoms with van der Waals surface area (Å²) >= 11 is 12.2. The molecule has 0 saturated carbocycles. The first kappa shape index (κ1) is 19.7. The van der Waals surface area contributed by atoms with Crippen LogP contribution in [-0.2, 0) is 16.0 Å². The zero-order valence-electron chi connectivity index (χ0n) is 13.9. The van der Waals surface area contributed by atoms with Crippen LogP contribution in [0.25, 0.3) is 11.1 Å². The van der Waals surface area contributed by atoms with E-state index in [2.05, 4.69) is 0 Å². The van der Waals surface area contributed by atoms with Gasteiger partial charge in [-0.15, -0.1) is 0 Å². The molecule has 0 aliphatic heterocycles. The van der Waals surface area contributed by atoms with Gasteiger partial charge in [0.05, 0.1) is 6.61 Å². The Balaban J connectivity index is 2.00. The van der Waals surface area contributed by atoms with E-state index in [4.69, 9.17) is 33.7 Å². The van der Waals surface area contributed by atoms with Crippen LogP contribution in [0.1, 0.15) is 18.9 Å². The van der Waals surface area contributed by atoms with Crippen molar-refractivity contribution in [2.45, 2.75) is 31.9 Å². The molecule has 134 valence electrons. The number of carbonyl (C=O) groups is 1. The molecular formula is C19H21Cl2NO3. The van der Waals surface area contributed by atoms with Crippen molar-refractivity contribution in [1.29, 1.82) is 0 Å². The van der Waals surface area contributed by atoms with Crippen molar-refractivity contribution in [3.63, 3.8) is 0 Å². The lowest BCUT2D eigenvalue weighted by atomic mass is 9.98. The van der Waals surface area contributed by atoms with Crippen molar-refractivity contribution in [3.8, 4) is 11.1 Å². The van der Waals surface area contributed by atoms with E-state index >= 15 is 0 Å². The van der Waals surface area contributed by atoms with Crippen LogP contribution < -0.4 is 5.73 Å². The highest BCUT2D eigenvalue weighted by Gasteiger charge is 2.19. The Labute approximate surface area is 157 Å². The van der Waals surface area contributed by atoms with Crippen molar-refractivity contribution in [2.75, 3.05) is 6.61 Å². The molecule has 25 heavy (non-hydrogen) atoms. The van der Waals surface area contributed by atoms with Crippen LogP contribution in [0.3, 0.4) is 0 Å². The van der Waals surface area contributed by atoms with E-state index in [9.17, 15) is 9.90 Å². The molecule has 2 atom stereocenters. The maximum absolute atomic E-state index is 11.4. The Hall–Kier alpha value is -1.59. The first-order valence-corrected chi connectivity index (χ1v) is 8.81. The van der Waals surface area contributed by atoms with Gasteiger partial charge in [-0.3, -0.25) is 0 Å². The summed E-state index contributed by atoms with van der Waals surface area (Å²) in [6.07, 6.45) is -0.500. The third-order valence-electron chi connectivity index (χ3n) is 3.78. The molecular weight excluding hydrogens is 361 g/mol. The van der Waals surface area contributed by atoms with Gasteiger partial charge in [-0.25, -0.2) is 4.79 Å². The van der Waals surface area contributed by atoms with Gasteiger partial charge in [0.1, 0.15) is 0 Å². The van der Waals surface area contributed by atoms with E-state index in [0.717, 1.165) is 16.7 Å². The minimum absolute atomic E-state index is 0.153. The van der Waals surface area contributed by atoms with Crippen molar-refractivity contribution < 1.29 is 14.6 Å². The van der Waals surface area contributed by atoms with Gasteiger partial charge in [-0.05, 0) is 49.1 Å². The molecule has 2 aromatic carbocycles. The van der Waals surface area contributed by atoms with Gasteiger partial charge in [0.15, 0.2) is 6.10 Å². The zero-order chi connectivity index (χ0) is 18.4. The van der Waals surface area contributed by atoms with Crippen molar-refractivity contribution >= 4 is 29.2 Å². The summed E-state index contributed by atoms with van der Waals surface area (Å²) in [6.45, 7) is 1.93. The normalized spacial score (nSPS) is 13.3. The molecule has 0 spiro atoms. The summed E-state index contributed by atoms with van der Waals surface area (Å²) < 4.78 is 4.77. The molecule has 0 heterocycles. The largest absolute Gasteiger partial charge is 0.464 e. The Morgan fingerprint density at radius 1 is 1.20 bits per heavy atom. The average Bonchev–Trinajstić information content (AvgIpc) is 2.58. The molecule has 0 aliphatic carbocycles. The van der Waals surface area contributed by atoms with Gasteiger partial charge >= 0.3 is 5.97 Å². The fourth-order valence-corrected chi connectivity index (χ4v) is 2.95. The lowest BCUT2D eigenvalue weighted by molar-refractivity contribution is -0.153. The van der Waals surface area contributed by atoms with E-state index in [-0.39, 0.29) is 19.1 Å². The molecule has 2 aromatic rings. The van der Waals surface area contributed by atoms with Gasteiger partial charge in [0.2, 0.25) is 0 Å². The number of rotatable bonds is 7. The second-order valence-corrected chi connectivity index (χ2v) is 6.63. The third-order valence-corrected chi connectivity index (χ3v) is 4.34. The van der Waals surface area contributed by atoms with Gasteiger partial charge in [-0.2, -0.15) is 0 Å². The van der Waals surface area contributed by atoms with Crippen LogP contribution in [0.4, 0.5) is 0 Å².